The van der Waals surface area contributed by atoms with Crippen LogP contribution in [0.5, 0.6) is 0 Å². The van der Waals surface area contributed by atoms with Crippen LogP contribution in [-0.4, -0.2) is 36.7 Å². The molecule has 0 spiro atoms. The summed E-state index contributed by atoms with van der Waals surface area (Å²) in [5, 5.41) is 6.68. The molecule has 0 aromatic heterocycles. The van der Waals surface area contributed by atoms with Gasteiger partial charge in [-0.05, 0) is 50.3 Å². The smallest absolute Gasteiger partial charge is 0.329 e. The van der Waals surface area contributed by atoms with Crippen molar-refractivity contribution in [3.8, 4) is 0 Å². The van der Waals surface area contributed by atoms with Crippen molar-refractivity contribution in [1.82, 2.24) is 10.7 Å². The minimum absolute atomic E-state index is 0.162. The fourth-order valence-electron chi connectivity index (χ4n) is 2.97. The van der Waals surface area contributed by atoms with E-state index < -0.39 is 11.8 Å². The third-order valence-electron chi connectivity index (χ3n) is 4.70. The molecule has 1 aliphatic carbocycles. The summed E-state index contributed by atoms with van der Waals surface area (Å²) in [7, 11) is 0. The lowest BCUT2D eigenvalue weighted by molar-refractivity contribution is -0.139. The van der Waals surface area contributed by atoms with Gasteiger partial charge in [0.25, 0.3) is 0 Å². The summed E-state index contributed by atoms with van der Waals surface area (Å²) in [6.45, 7) is 4.04. The highest BCUT2D eigenvalue weighted by atomic mass is 16.2. The second kappa shape index (κ2) is 8.14. The predicted molar refractivity (Wildman–Crippen MR) is 98.6 cm³/mol. The lowest BCUT2D eigenvalue weighted by Gasteiger charge is -2.22. The van der Waals surface area contributed by atoms with Gasteiger partial charge in [0.2, 0.25) is 0 Å². The van der Waals surface area contributed by atoms with Crippen LogP contribution in [0, 0.1) is 0 Å². The van der Waals surface area contributed by atoms with Gasteiger partial charge in [-0.1, -0.05) is 25.0 Å². The number of hydrogen-bond donors (Lipinski definition) is 2. The van der Waals surface area contributed by atoms with Crippen molar-refractivity contribution in [1.29, 1.82) is 0 Å². The molecule has 2 amide bonds. The van der Waals surface area contributed by atoms with Gasteiger partial charge >= 0.3 is 11.8 Å². The van der Waals surface area contributed by atoms with E-state index in [1.165, 1.54) is 31.4 Å². The molecule has 3 rings (SSSR count). The van der Waals surface area contributed by atoms with Gasteiger partial charge in [-0.2, -0.15) is 5.10 Å². The highest BCUT2D eigenvalue weighted by Gasteiger charge is 2.26. The van der Waals surface area contributed by atoms with Crippen molar-refractivity contribution >= 4 is 23.2 Å². The van der Waals surface area contributed by atoms with Crippen molar-refractivity contribution < 1.29 is 9.59 Å². The van der Waals surface area contributed by atoms with Crippen LogP contribution in [0.25, 0.3) is 0 Å². The van der Waals surface area contributed by atoms with Crippen molar-refractivity contribution in [3.63, 3.8) is 0 Å². The van der Waals surface area contributed by atoms with E-state index in [-0.39, 0.29) is 6.04 Å². The Morgan fingerprint density at radius 3 is 2.24 bits per heavy atom. The molecule has 1 aromatic rings. The lowest BCUT2D eigenvalue weighted by Crippen LogP contribution is -2.39. The van der Waals surface area contributed by atoms with E-state index in [4.69, 9.17) is 0 Å². The third kappa shape index (κ3) is 5.05. The first-order valence-corrected chi connectivity index (χ1v) is 9.14. The number of benzene rings is 1. The number of hydrazone groups is 1. The van der Waals surface area contributed by atoms with Crippen molar-refractivity contribution in [2.24, 2.45) is 5.10 Å². The molecule has 0 bridgehead atoms. The van der Waals surface area contributed by atoms with E-state index in [0.717, 1.165) is 31.5 Å². The first-order valence-electron chi connectivity index (χ1n) is 9.14. The summed E-state index contributed by atoms with van der Waals surface area (Å²) < 4.78 is 0. The maximum absolute atomic E-state index is 11.7. The van der Waals surface area contributed by atoms with Crippen LogP contribution in [0.2, 0.25) is 0 Å². The molecular weight excluding hydrogens is 316 g/mol. The van der Waals surface area contributed by atoms with Gasteiger partial charge in [0.05, 0.1) is 5.71 Å². The van der Waals surface area contributed by atoms with E-state index in [0.29, 0.717) is 5.71 Å². The third-order valence-corrected chi connectivity index (χ3v) is 4.70. The fourth-order valence-corrected chi connectivity index (χ4v) is 2.97. The second-order valence-corrected chi connectivity index (χ2v) is 6.83. The fraction of sp³-hybridized carbons (Fsp3) is 0.526. The molecule has 2 N–H and O–H groups in total. The number of carbonyl (C=O) groups is 2. The van der Waals surface area contributed by atoms with Gasteiger partial charge in [-0.3, -0.25) is 9.59 Å². The van der Waals surface area contributed by atoms with Crippen LogP contribution in [0.1, 0.15) is 51.0 Å². The highest BCUT2D eigenvalue weighted by Crippen LogP contribution is 2.20. The Labute approximate surface area is 148 Å². The molecule has 0 atom stereocenters. The topological polar surface area (TPSA) is 73.8 Å². The Kier molecular flexibility index (Phi) is 5.68. The van der Waals surface area contributed by atoms with Crippen LogP contribution in [-0.2, 0) is 9.59 Å². The molecule has 1 saturated carbocycles. The first kappa shape index (κ1) is 17.5. The molecule has 25 heavy (non-hydrogen) atoms. The number of rotatable bonds is 4. The SMILES string of the molecule is C/C(=N/NC(=O)C(=O)NC1CC1)c1ccc(N2CCCCCC2)cc1. The first-order chi connectivity index (χ1) is 12.1. The molecule has 2 fully saturated rings. The van der Waals surface area contributed by atoms with Gasteiger partial charge in [-0.15, -0.1) is 0 Å². The molecule has 134 valence electrons. The van der Waals surface area contributed by atoms with Gasteiger partial charge < -0.3 is 10.2 Å². The molecule has 0 radical (unpaired) electrons. The molecule has 2 aliphatic rings. The van der Waals surface area contributed by atoms with Gasteiger partial charge in [0, 0.05) is 24.8 Å². The van der Waals surface area contributed by atoms with Crippen molar-refractivity contribution in [3.05, 3.63) is 29.8 Å². The number of carbonyl (C=O) groups excluding carboxylic acids is 2. The average Bonchev–Trinajstić information content (AvgIpc) is 3.46. The lowest BCUT2D eigenvalue weighted by atomic mass is 10.1. The molecule has 1 saturated heterocycles. The van der Waals surface area contributed by atoms with Gasteiger partial charge in [0.15, 0.2) is 0 Å². The Bertz CT molecular complexity index is 642. The standard InChI is InChI=1S/C19H26N4O2/c1-14(21-22-19(25)18(24)20-16-8-9-16)15-6-10-17(11-7-15)23-12-4-2-3-5-13-23/h6-7,10-11,16H,2-5,8-9,12-13H2,1H3,(H,20,24)(H,22,25)/b21-14-. The zero-order chi connectivity index (χ0) is 17.6. The van der Waals surface area contributed by atoms with Crippen molar-refractivity contribution in [2.45, 2.75) is 51.5 Å². The second-order valence-electron chi connectivity index (χ2n) is 6.83. The van der Waals surface area contributed by atoms with Crippen LogP contribution < -0.4 is 15.6 Å². The van der Waals surface area contributed by atoms with Crippen molar-refractivity contribution in [2.75, 3.05) is 18.0 Å². The quantitative estimate of drug-likeness (QED) is 0.500. The summed E-state index contributed by atoms with van der Waals surface area (Å²) in [6.07, 6.45) is 7.02. The summed E-state index contributed by atoms with van der Waals surface area (Å²) >= 11 is 0. The summed E-state index contributed by atoms with van der Waals surface area (Å²) in [5.74, 6) is -1.33. The Morgan fingerprint density at radius 1 is 1.00 bits per heavy atom. The Morgan fingerprint density at radius 2 is 1.64 bits per heavy atom. The van der Waals surface area contributed by atoms with E-state index in [1.807, 2.05) is 19.1 Å². The minimum atomic E-state index is -0.715. The van der Waals surface area contributed by atoms with Crippen LogP contribution >= 0.6 is 0 Å². The molecule has 1 aromatic carbocycles. The van der Waals surface area contributed by atoms with E-state index in [1.54, 1.807) is 0 Å². The van der Waals surface area contributed by atoms with E-state index in [9.17, 15) is 9.59 Å². The Balaban J connectivity index is 1.56. The largest absolute Gasteiger partial charge is 0.372 e. The molecule has 6 heteroatoms. The van der Waals surface area contributed by atoms with Gasteiger partial charge in [0.1, 0.15) is 0 Å². The molecular formula is C19H26N4O2. The highest BCUT2D eigenvalue weighted by molar-refractivity contribution is 6.35. The number of nitrogens with one attached hydrogen (secondary N) is 2. The summed E-state index contributed by atoms with van der Waals surface area (Å²) in [6, 6.07) is 8.38. The monoisotopic (exact) mass is 342 g/mol. The number of nitrogens with zero attached hydrogens (tertiary/aromatic N) is 2. The zero-order valence-corrected chi connectivity index (χ0v) is 14.8. The van der Waals surface area contributed by atoms with Crippen LogP contribution in [0.4, 0.5) is 5.69 Å². The average molecular weight is 342 g/mol. The van der Waals surface area contributed by atoms with E-state index in [2.05, 4.69) is 32.9 Å². The maximum atomic E-state index is 11.7. The minimum Gasteiger partial charge on any atom is -0.372 e. The predicted octanol–water partition coefficient (Wildman–Crippen LogP) is 2.19. The number of amides is 2. The van der Waals surface area contributed by atoms with E-state index >= 15 is 0 Å². The summed E-state index contributed by atoms with van der Waals surface area (Å²) in [4.78, 5) is 25.7. The Hall–Kier alpha value is -2.37. The molecule has 1 heterocycles. The zero-order valence-electron chi connectivity index (χ0n) is 14.8. The number of anilines is 1. The number of hydrogen-bond acceptors (Lipinski definition) is 4. The normalized spacial score (nSPS) is 18.4. The van der Waals surface area contributed by atoms with Gasteiger partial charge in [-0.25, -0.2) is 5.43 Å². The molecule has 0 unspecified atom stereocenters. The van der Waals surface area contributed by atoms with Crippen LogP contribution in [0.15, 0.2) is 29.4 Å². The van der Waals surface area contributed by atoms with Crippen LogP contribution in [0.3, 0.4) is 0 Å². The molecule has 1 aliphatic heterocycles. The maximum Gasteiger partial charge on any atom is 0.329 e. The summed E-state index contributed by atoms with van der Waals surface area (Å²) in [5.41, 5.74) is 5.16. The molecule has 6 nitrogen and oxygen atoms in total.